The number of aromatic nitrogens is 2. The predicted octanol–water partition coefficient (Wildman–Crippen LogP) is 2.43. The Balaban J connectivity index is 1.91. The van der Waals surface area contributed by atoms with E-state index in [1.807, 2.05) is 19.1 Å². The summed E-state index contributed by atoms with van der Waals surface area (Å²) in [5.41, 5.74) is 1.56. The van der Waals surface area contributed by atoms with E-state index in [0.717, 1.165) is 5.56 Å². The summed E-state index contributed by atoms with van der Waals surface area (Å²) in [5, 5.41) is 12.7. The molecule has 7 nitrogen and oxygen atoms in total. The number of hydrogen-bond acceptors (Lipinski definition) is 5. The highest BCUT2D eigenvalue weighted by Crippen LogP contribution is 2.37. The second-order valence-corrected chi connectivity index (χ2v) is 6.36. The van der Waals surface area contributed by atoms with Crippen molar-refractivity contribution in [3.63, 3.8) is 0 Å². The van der Waals surface area contributed by atoms with Gasteiger partial charge in [0.05, 0.1) is 12.0 Å². The number of carbonyl (C=O) groups excluding carboxylic acids is 2. The summed E-state index contributed by atoms with van der Waals surface area (Å²) >= 11 is 0. The molecule has 3 heterocycles. The predicted molar refractivity (Wildman–Crippen MR) is 96.4 cm³/mol. The number of likely N-dealkylation sites (tertiary alicyclic amines) is 1. The largest absolute Gasteiger partial charge is 0.504 e. The highest BCUT2D eigenvalue weighted by molar-refractivity contribution is 5.95. The Kier molecular flexibility index (Phi) is 5.16. The number of carbonyl (C=O) groups is 2. The van der Waals surface area contributed by atoms with E-state index in [2.05, 4.69) is 15.3 Å². The Morgan fingerprint density at radius 3 is 2.73 bits per heavy atom. The molecule has 1 aliphatic rings. The molecule has 0 bridgehead atoms. The van der Waals surface area contributed by atoms with Gasteiger partial charge in [-0.05, 0) is 50.1 Å². The van der Waals surface area contributed by atoms with Gasteiger partial charge in [0.1, 0.15) is 0 Å². The number of rotatable bonds is 4. The van der Waals surface area contributed by atoms with Gasteiger partial charge >= 0.3 is 0 Å². The molecule has 0 radical (unpaired) electrons. The molecule has 0 aromatic carbocycles. The van der Waals surface area contributed by atoms with Gasteiger partial charge in [-0.1, -0.05) is 0 Å². The lowest BCUT2D eigenvalue weighted by atomic mass is 9.84. The molecule has 136 valence electrons. The van der Waals surface area contributed by atoms with Crippen molar-refractivity contribution in [2.75, 3.05) is 11.9 Å². The number of nitrogens with one attached hydrogen (secondary N) is 1. The van der Waals surface area contributed by atoms with E-state index in [1.54, 1.807) is 30.3 Å². The minimum atomic E-state index is -0.434. The Labute approximate surface area is 152 Å². The number of aryl methyl sites for hydroxylation is 1. The summed E-state index contributed by atoms with van der Waals surface area (Å²) < 4.78 is 0. The van der Waals surface area contributed by atoms with Crippen LogP contribution in [0.15, 0.2) is 36.7 Å². The third-order valence-electron chi connectivity index (χ3n) is 4.69. The van der Waals surface area contributed by atoms with Gasteiger partial charge in [-0.3, -0.25) is 14.6 Å². The van der Waals surface area contributed by atoms with E-state index in [4.69, 9.17) is 0 Å². The number of amides is 2. The van der Waals surface area contributed by atoms with Crippen molar-refractivity contribution in [3.05, 3.63) is 47.9 Å². The Hall–Kier alpha value is -2.96. The average Bonchev–Trinajstić information content (AvgIpc) is 2.65. The molecule has 0 unspecified atom stereocenters. The van der Waals surface area contributed by atoms with E-state index in [-0.39, 0.29) is 29.4 Å². The molecule has 3 rings (SSSR count). The van der Waals surface area contributed by atoms with Crippen LogP contribution in [0.25, 0.3) is 0 Å². The van der Waals surface area contributed by atoms with E-state index >= 15 is 0 Å². The van der Waals surface area contributed by atoms with Gasteiger partial charge in [-0.25, -0.2) is 4.98 Å². The standard InChI is InChI=1S/C19H22N4O3/c1-3-23-16(25)7-5-14(17(23)13-8-10-20-11-9-13)19(26)22-18-15(24)6-4-12(2)21-18/h4,6,8-11,14,17,24H,3,5,7H2,1-2H3,(H,21,22,26)/t14-,17+/m0/s1. The normalized spacial score (nSPS) is 20.1. The lowest BCUT2D eigenvalue weighted by molar-refractivity contribution is -0.141. The molecule has 1 saturated heterocycles. The van der Waals surface area contributed by atoms with Gasteiger partial charge in [-0.15, -0.1) is 0 Å². The fourth-order valence-corrected chi connectivity index (χ4v) is 3.42. The fourth-order valence-electron chi connectivity index (χ4n) is 3.42. The first kappa shape index (κ1) is 17.8. The monoisotopic (exact) mass is 354 g/mol. The Morgan fingerprint density at radius 2 is 2.04 bits per heavy atom. The van der Waals surface area contributed by atoms with Crippen LogP contribution in [0.5, 0.6) is 5.75 Å². The summed E-state index contributed by atoms with van der Waals surface area (Å²) in [5.74, 6) is -0.593. The lowest BCUT2D eigenvalue weighted by Gasteiger charge is -2.40. The molecule has 2 aromatic rings. The van der Waals surface area contributed by atoms with Crippen molar-refractivity contribution >= 4 is 17.6 Å². The van der Waals surface area contributed by atoms with Crippen LogP contribution in [-0.2, 0) is 9.59 Å². The van der Waals surface area contributed by atoms with Crippen molar-refractivity contribution in [2.24, 2.45) is 5.92 Å². The first-order chi connectivity index (χ1) is 12.5. The molecule has 2 aromatic heterocycles. The molecular weight excluding hydrogens is 332 g/mol. The maximum absolute atomic E-state index is 13.0. The number of pyridine rings is 2. The SMILES string of the molecule is CCN1C(=O)CC[C@H](C(=O)Nc2nc(C)ccc2O)[C@H]1c1ccncc1. The van der Waals surface area contributed by atoms with Crippen LogP contribution in [-0.4, -0.2) is 38.3 Å². The second-order valence-electron chi connectivity index (χ2n) is 6.36. The second kappa shape index (κ2) is 7.51. The van der Waals surface area contributed by atoms with Crippen LogP contribution in [0, 0.1) is 12.8 Å². The maximum Gasteiger partial charge on any atom is 0.231 e. The van der Waals surface area contributed by atoms with Crippen molar-refractivity contribution in [3.8, 4) is 5.75 Å². The smallest absolute Gasteiger partial charge is 0.231 e. The minimum Gasteiger partial charge on any atom is -0.504 e. The Morgan fingerprint density at radius 1 is 1.31 bits per heavy atom. The summed E-state index contributed by atoms with van der Waals surface area (Å²) in [6.07, 6.45) is 4.08. The number of aromatic hydroxyl groups is 1. The number of anilines is 1. The lowest BCUT2D eigenvalue weighted by Crippen LogP contribution is -2.46. The topological polar surface area (TPSA) is 95.4 Å². The van der Waals surface area contributed by atoms with Crippen molar-refractivity contribution < 1.29 is 14.7 Å². The molecule has 2 atom stereocenters. The molecule has 1 fully saturated rings. The van der Waals surface area contributed by atoms with E-state index in [9.17, 15) is 14.7 Å². The molecular formula is C19H22N4O3. The highest BCUT2D eigenvalue weighted by Gasteiger charge is 2.40. The van der Waals surface area contributed by atoms with E-state index in [0.29, 0.717) is 25.1 Å². The molecule has 1 aliphatic heterocycles. The summed E-state index contributed by atoms with van der Waals surface area (Å²) in [6.45, 7) is 4.21. The van der Waals surface area contributed by atoms with Gasteiger partial charge in [0.25, 0.3) is 0 Å². The molecule has 7 heteroatoms. The zero-order valence-corrected chi connectivity index (χ0v) is 14.8. The van der Waals surface area contributed by atoms with Crippen LogP contribution < -0.4 is 5.32 Å². The van der Waals surface area contributed by atoms with Gasteiger partial charge in [-0.2, -0.15) is 0 Å². The molecule has 2 amide bonds. The minimum absolute atomic E-state index is 0.0369. The fraction of sp³-hybridized carbons (Fsp3) is 0.368. The van der Waals surface area contributed by atoms with Crippen molar-refractivity contribution in [1.29, 1.82) is 0 Å². The van der Waals surface area contributed by atoms with Crippen LogP contribution >= 0.6 is 0 Å². The first-order valence-electron chi connectivity index (χ1n) is 8.68. The maximum atomic E-state index is 13.0. The third-order valence-corrected chi connectivity index (χ3v) is 4.69. The summed E-state index contributed by atoms with van der Waals surface area (Å²) in [6, 6.07) is 6.46. The van der Waals surface area contributed by atoms with Gasteiger partial charge in [0, 0.05) is 31.1 Å². The number of hydrogen-bond donors (Lipinski definition) is 2. The Bertz CT molecular complexity index is 810. The molecule has 26 heavy (non-hydrogen) atoms. The quantitative estimate of drug-likeness (QED) is 0.879. The third kappa shape index (κ3) is 3.51. The van der Waals surface area contributed by atoms with E-state index < -0.39 is 5.92 Å². The molecule has 2 N–H and O–H groups in total. The summed E-state index contributed by atoms with van der Waals surface area (Å²) in [7, 11) is 0. The van der Waals surface area contributed by atoms with Crippen LogP contribution in [0.4, 0.5) is 5.82 Å². The first-order valence-corrected chi connectivity index (χ1v) is 8.68. The van der Waals surface area contributed by atoms with Crippen molar-refractivity contribution in [2.45, 2.75) is 32.7 Å². The number of piperidine rings is 1. The highest BCUT2D eigenvalue weighted by atomic mass is 16.3. The molecule has 0 saturated carbocycles. The number of nitrogens with zero attached hydrogens (tertiary/aromatic N) is 3. The van der Waals surface area contributed by atoms with Crippen LogP contribution in [0.2, 0.25) is 0 Å². The van der Waals surface area contributed by atoms with Crippen molar-refractivity contribution in [1.82, 2.24) is 14.9 Å². The molecule has 0 aliphatic carbocycles. The summed E-state index contributed by atoms with van der Waals surface area (Å²) in [4.78, 5) is 35.3. The van der Waals surface area contributed by atoms with Gasteiger partial charge < -0.3 is 15.3 Å². The zero-order valence-electron chi connectivity index (χ0n) is 14.8. The zero-order chi connectivity index (χ0) is 18.7. The van der Waals surface area contributed by atoms with E-state index in [1.165, 1.54) is 6.07 Å². The average molecular weight is 354 g/mol. The van der Waals surface area contributed by atoms with Gasteiger partial charge in [0.15, 0.2) is 11.6 Å². The van der Waals surface area contributed by atoms with Gasteiger partial charge in [0.2, 0.25) is 11.8 Å². The molecule has 0 spiro atoms. The van der Waals surface area contributed by atoms with Crippen LogP contribution in [0.3, 0.4) is 0 Å². The van der Waals surface area contributed by atoms with Crippen LogP contribution in [0.1, 0.15) is 37.1 Å².